The molecule has 1 aromatic heterocycles. The second kappa shape index (κ2) is 10.7. The van der Waals surface area contributed by atoms with Crippen LogP contribution in [0.3, 0.4) is 0 Å². The van der Waals surface area contributed by atoms with Crippen LogP contribution in [0.4, 0.5) is 19.1 Å². The van der Waals surface area contributed by atoms with Gasteiger partial charge in [0.05, 0.1) is 16.7 Å². The average molecular weight is 547 g/mol. The third kappa shape index (κ3) is 5.82. The summed E-state index contributed by atoms with van der Waals surface area (Å²) < 4.78 is 63.6. The Hall–Kier alpha value is -3.47. The van der Waals surface area contributed by atoms with E-state index in [0.29, 0.717) is 18.5 Å². The Bertz CT molecular complexity index is 1420. The molecule has 1 unspecified atom stereocenters. The molecular formula is C27H29F3N4O3S. The van der Waals surface area contributed by atoms with Crippen molar-refractivity contribution in [2.45, 2.75) is 50.9 Å². The van der Waals surface area contributed by atoms with Crippen LogP contribution < -0.4 is 10.2 Å². The summed E-state index contributed by atoms with van der Waals surface area (Å²) in [6.45, 7) is 6.20. The summed E-state index contributed by atoms with van der Waals surface area (Å²) >= 11 is 0. The summed E-state index contributed by atoms with van der Waals surface area (Å²) in [7, 11) is -3.29. The summed E-state index contributed by atoms with van der Waals surface area (Å²) in [6, 6.07) is 12.4. The number of benzene rings is 2. The molecule has 2 heterocycles. The molecule has 0 spiro atoms. The first-order valence-corrected chi connectivity index (χ1v) is 14.0. The van der Waals surface area contributed by atoms with Crippen LogP contribution in [-0.2, 0) is 29.0 Å². The van der Waals surface area contributed by atoms with Crippen LogP contribution in [0.1, 0.15) is 59.6 Å². The van der Waals surface area contributed by atoms with Gasteiger partial charge in [0.25, 0.3) is 5.91 Å². The largest absolute Gasteiger partial charge is 0.433 e. The molecule has 11 heteroatoms. The van der Waals surface area contributed by atoms with E-state index in [1.165, 1.54) is 12.1 Å². The summed E-state index contributed by atoms with van der Waals surface area (Å²) in [5.74, 6) is -0.179. The van der Waals surface area contributed by atoms with Gasteiger partial charge >= 0.3 is 6.18 Å². The lowest BCUT2D eigenvalue weighted by Crippen LogP contribution is -2.39. The highest BCUT2D eigenvalue weighted by atomic mass is 32.2. The monoisotopic (exact) mass is 546 g/mol. The van der Waals surface area contributed by atoms with Gasteiger partial charge in [0.15, 0.2) is 9.84 Å². The molecular weight excluding hydrogens is 517 g/mol. The van der Waals surface area contributed by atoms with Gasteiger partial charge in [-0.1, -0.05) is 39.0 Å². The highest BCUT2D eigenvalue weighted by Gasteiger charge is 2.36. The van der Waals surface area contributed by atoms with Crippen molar-refractivity contribution in [3.63, 3.8) is 0 Å². The molecule has 0 saturated carbocycles. The highest BCUT2D eigenvalue weighted by molar-refractivity contribution is 7.91. The first kappa shape index (κ1) is 27.6. The number of carbonyl (C=O) groups excluding carboxylic acids is 1. The van der Waals surface area contributed by atoms with Crippen molar-refractivity contribution in [1.29, 1.82) is 0 Å². The van der Waals surface area contributed by atoms with Crippen molar-refractivity contribution < 1.29 is 26.4 Å². The van der Waals surface area contributed by atoms with E-state index in [4.69, 9.17) is 0 Å². The zero-order valence-electron chi connectivity index (χ0n) is 21.3. The number of nitrogens with zero attached hydrogens (tertiary/aromatic N) is 3. The van der Waals surface area contributed by atoms with Crippen LogP contribution in [0, 0.1) is 5.92 Å². The van der Waals surface area contributed by atoms with E-state index in [2.05, 4.69) is 15.3 Å². The third-order valence-electron chi connectivity index (χ3n) is 6.62. The fourth-order valence-corrected chi connectivity index (χ4v) is 5.54. The number of carbonyl (C=O) groups is 1. The number of amides is 1. The van der Waals surface area contributed by atoms with E-state index in [0.717, 1.165) is 29.0 Å². The lowest BCUT2D eigenvalue weighted by Gasteiger charge is -2.40. The van der Waals surface area contributed by atoms with E-state index in [1.807, 2.05) is 26.0 Å². The van der Waals surface area contributed by atoms with Gasteiger partial charge in [-0.25, -0.2) is 18.4 Å². The van der Waals surface area contributed by atoms with Crippen molar-refractivity contribution in [2.24, 2.45) is 5.92 Å². The van der Waals surface area contributed by atoms with Crippen LogP contribution in [0.15, 0.2) is 59.6 Å². The fourth-order valence-electron chi connectivity index (χ4n) is 4.65. The number of hydrogen-bond acceptors (Lipinski definition) is 6. The molecule has 38 heavy (non-hydrogen) atoms. The quantitative estimate of drug-likeness (QED) is 0.450. The fraction of sp³-hybridized carbons (Fsp3) is 0.370. The average Bonchev–Trinajstić information content (AvgIpc) is 2.90. The second-order valence-electron chi connectivity index (χ2n) is 9.52. The van der Waals surface area contributed by atoms with Crippen molar-refractivity contribution in [2.75, 3.05) is 17.2 Å². The third-order valence-corrected chi connectivity index (χ3v) is 8.37. The Labute approximate surface area is 220 Å². The topological polar surface area (TPSA) is 92.3 Å². The number of rotatable bonds is 7. The number of hydrogen-bond donors (Lipinski definition) is 1. The molecule has 0 radical (unpaired) electrons. The molecule has 7 nitrogen and oxygen atoms in total. The van der Waals surface area contributed by atoms with Gasteiger partial charge in [-0.05, 0) is 59.4 Å². The van der Waals surface area contributed by atoms with Gasteiger partial charge in [-0.2, -0.15) is 13.2 Å². The van der Waals surface area contributed by atoms with Gasteiger partial charge in [-0.3, -0.25) is 4.79 Å². The maximum atomic E-state index is 13.2. The first-order chi connectivity index (χ1) is 17.9. The summed E-state index contributed by atoms with van der Waals surface area (Å²) in [5.41, 5.74) is 2.14. The lowest BCUT2D eigenvalue weighted by molar-refractivity contribution is -0.141. The Morgan fingerprint density at radius 2 is 1.84 bits per heavy atom. The van der Waals surface area contributed by atoms with Crippen molar-refractivity contribution in [3.8, 4) is 0 Å². The van der Waals surface area contributed by atoms with Gasteiger partial charge in [-0.15, -0.1) is 0 Å². The Morgan fingerprint density at radius 1 is 1.13 bits per heavy atom. The molecule has 1 N–H and O–H groups in total. The molecule has 1 aliphatic rings. The molecule has 202 valence electrons. The normalized spacial score (nSPS) is 15.9. The number of halogens is 3. The molecule has 0 bridgehead atoms. The Kier molecular flexibility index (Phi) is 7.78. The SMILES string of the molecule is CCS(=O)(=O)c1ccc(CNC(=O)c2ccc3c(c2)CCN(c2nccc(C(F)(F)F)n2)C3C(C)C)cc1. The van der Waals surface area contributed by atoms with E-state index in [9.17, 15) is 26.4 Å². The summed E-state index contributed by atoms with van der Waals surface area (Å²) in [5, 5.41) is 2.86. The zero-order chi connectivity index (χ0) is 27.7. The molecule has 0 saturated heterocycles. The van der Waals surface area contributed by atoms with E-state index in [1.54, 1.807) is 30.0 Å². The number of sulfone groups is 1. The van der Waals surface area contributed by atoms with Crippen LogP contribution in [-0.4, -0.2) is 36.6 Å². The van der Waals surface area contributed by atoms with Crippen LogP contribution >= 0.6 is 0 Å². The summed E-state index contributed by atoms with van der Waals surface area (Å²) in [6.07, 6.45) is -2.91. The van der Waals surface area contributed by atoms with Crippen molar-refractivity contribution >= 4 is 21.7 Å². The predicted molar refractivity (Wildman–Crippen MR) is 137 cm³/mol. The number of alkyl halides is 3. The predicted octanol–water partition coefficient (Wildman–Crippen LogP) is 4.98. The minimum Gasteiger partial charge on any atom is -0.348 e. The number of anilines is 1. The summed E-state index contributed by atoms with van der Waals surface area (Å²) in [4.78, 5) is 22.8. The zero-order valence-corrected chi connectivity index (χ0v) is 22.1. The minimum absolute atomic E-state index is 0.0177. The van der Waals surface area contributed by atoms with E-state index < -0.39 is 21.7 Å². The molecule has 1 atom stereocenters. The highest BCUT2D eigenvalue weighted by Crippen LogP contribution is 2.38. The van der Waals surface area contributed by atoms with Gasteiger partial charge in [0.2, 0.25) is 5.95 Å². The van der Waals surface area contributed by atoms with Crippen molar-refractivity contribution in [3.05, 3.63) is 82.7 Å². The lowest BCUT2D eigenvalue weighted by atomic mass is 9.85. The smallest absolute Gasteiger partial charge is 0.348 e. The van der Waals surface area contributed by atoms with Crippen LogP contribution in [0.5, 0.6) is 0 Å². The van der Waals surface area contributed by atoms with Gasteiger partial charge in [0, 0.05) is 24.8 Å². The first-order valence-electron chi connectivity index (χ1n) is 12.3. The molecule has 3 aromatic rings. The molecule has 2 aromatic carbocycles. The molecule has 4 rings (SSSR count). The van der Waals surface area contributed by atoms with Gasteiger partial charge < -0.3 is 10.2 Å². The number of nitrogens with one attached hydrogen (secondary N) is 1. The Balaban J connectivity index is 1.51. The van der Waals surface area contributed by atoms with E-state index in [-0.39, 0.29) is 41.0 Å². The van der Waals surface area contributed by atoms with Crippen LogP contribution in [0.2, 0.25) is 0 Å². The Morgan fingerprint density at radius 3 is 2.47 bits per heavy atom. The minimum atomic E-state index is -4.56. The molecule has 1 aliphatic heterocycles. The van der Waals surface area contributed by atoms with Gasteiger partial charge in [0.1, 0.15) is 5.69 Å². The second-order valence-corrected chi connectivity index (χ2v) is 11.8. The molecule has 0 fully saturated rings. The standard InChI is InChI=1S/C27H29F3N4O3S/c1-4-38(36,37)21-8-5-18(6-9-21)16-32-25(35)20-7-10-22-19(15-20)12-14-34(24(22)17(2)3)26-31-13-11-23(33-26)27(28,29)30/h5-11,13,15,17,24H,4,12,14,16H2,1-3H3,(H,32,35). The molecule has 1 amide bonds. The van der Waals surface area contributed by atoms with E-state index >= 15 is 0 Å². The van der Waals surface area contributed by atoms with Crippen LogP contribution in [0.25, 0.3) is 0 Å². The molecule has 0 aliphatic carbocycles. The number of fused-ring (bicyclic) bond motifs is 1. The maximum Gasteiger partial charge on any atom is 0.433 e. The number of aromatic nitrogens is 2. The van der Waals surface area contributed by atoms with Crippen molar-refractivity contribution in [1.82, 2.24) is 15.3 Å². The maximum absolute atomic E-state index is 13.2.